The first-order valence-corrected chi connectivity index (χ1v) is 0. The molecular weight excluding hydrogens is 471 g/mol. The van der Waals surface area contributed by atoms with Gasteiger partial charge in [0.05, 0.1) is 0 Å². The van der Waals surface area contributed by atoms with E-state index < -0.39 is 0 Å². The fraction of sp³-hybridized carbons (Fsp3) is 0. The minimum atomic E-state index is 0. The molecule has 4 nitrogen and oxygen atoms in total. The van der Waals surface area contributed by atoms with Crippen LogP contribution in [0.4, 0.5) is 0 Å². The predicted molar refractivity (Wildman–Crippen MR) is 13.4 cm³/mol. The third kappa shape index (κ3) is 76.0. The Labute approximate surface area is 106 Å². The van der Waals surface area contributed by atoms with Crippen molar-refractivity contribution in [3.8, 4) is 0 Å². The Bertz CT molecular complexity index is 11.2. The van der Waals surface area contributed by atoms with Crippen LogP contribution in [0.2, 0.25) is 0 Å². The number of hydrogen-bond acceptors (Lipinski definition) is 0. The first kappa shape index (κ1) is 150. The summed E-state index contributed by atoms with van der Waals surface area (Å²) in [6.45, 7) is 0. The van der Waals surface area contributed by atoms with Crippen LogP contribution in [0.1, 0.15) is 0 Å². The van der Waals surface area contributed by atoms with Crippen LogP contribution in [-0.2, 0) is 82.3 Å². The van der Waals surface area contributed by atoms with Crippen molar-refractivity contribution in [1.82, 2.24) is 0 Å². The first-order chi connectivity index (χ1) is 0. The summed E-state index contributed by atoms with van der Waals surface area (Å²) in [4.78, 5) is 0. The molecule has 0 saturated heterocycles. The molecular formula is MoN4Pd3. The Hall–Kier alpha value is 2.52. The van der Waals surface area contributed by atoms with Crippen LogP contribution in [0.25, 0.3) is 24.6 Å². The van der Waals surface area contributed by atoms with E-state index in [2.05, 4.69) is 0 Å². The standard InChI is InChI=1S/Mo.4N.3Pd/q+6;4*-3;3*+2. The second-order valence-electron chi connectivity index (χ2n) is 0. The smallest absolute Gasteiger partial charge is 3.00 e. The van der Waals surface area contributed by atoms with Crippen molar-refractivity contribution in [2.45, 2.75) is 0 Å². The minimum absolute atomic E-state index is 0. The van der Waals surface area contributed by atoms with Gasteiger partial charge in [0, 0.05) is 0 Å². The van der Waals surface area contributed by atoms with E-state index in [4.69, 9.17) is 0 Å². The third-order valence-corrected chi connectivity index (χ3v) is 0. The van der Waals surface area contributed by atoms with Crippen LogP contribution in [0, 0.1) is 0 Å². The molecule has 0 aliphatic carbocycles. The molecule has 8 heavy (non-hydrogen) atoms. The summed E-state index contributed by atoms with van der Waals surface area (Å²) < 4.78 is 0. The van der Waals surface area contributed by atoms with Gasteiger partial charge in [0.2, 0.25) is 0 Å². The quantitative estimate of drug-likeness (QED) is 0.471. The summed E-state index contributed by atoms with van der Waals surface area (Å²) in [6, 6.07) is 0. The molecule has 0 unspecified atom stereocenters. The third-order valence-electron chi connectivity index (χ3n) is 0. The molecule has 0 aliphatic rings. The van der Waals surface area contributed by atoms with Crippen LogP contribution < -0.4 is 0 Å². The zero-order chi connectivity index (χ0) is 0. The Morgan fingerprint density at radius 1 is 0.375 bits per heavy atom. The van der Waals surface area contributed by atoms with Gasteiger partial charge in [-0.25, -0.2) is 0 Å². The second kappa shape index (κ2) is 109. The fourth-order valence-corrected chi connectivity index (χ4v) is 0. The maximum absolute atomic E-state index is 0. The summed E-state index contributed by atoms with van der Waals surface area (Å²) in [5.41, 5.74) is 0. The number of rotatable bonds is 0. The SMILES string of the molecule is [Mo+6].[N-3].[N-3].[N-3].[N-3].[Pd+2].[Pd+2].[Pd+2]. The van der Waals surface area contributed by atoms with Crippen molar-refractivity contribution >= 4 is 0 Å². The van der Waals surface area contributed by atoms with Gasteiger partial charge >= 0.3 is 82.3 Å². The zero-order valence-corrected chi connectivity index (χ0v) is 9.82. The topological polar surface area (TPSA) is 122 Å². The van der Waals surface area contributed by atoms with E-state index in [0.29, 0.717) is 0 Å². The van der Waals surface area contributed by atoms with Crippen LogP contribution >= 0.6 is 0 Å². The minimum Gasteiger partial charge on any atom is -3.00 e. The zero-order valence-electron chi connectivity index (χ0n) is 3.15. The van der Waals surface area contributed by atoms with Crippen molar-refractivity contribution in [2.75, 3.05) is 0 Å². The molecule has 0 amide bonds. The van der Waals surface area contributed by atoms with Gasteiger partial charge in [-0.2, -0.15) is 0 Å². The van der Waals surface area contributed by atoms with E-state index in [1.54, 1.807) is 0 Å². The first-order valence-electron chi connectivity index (χ1n) is 0. The van der Waals surface area contributed by atoms with Gasteiger partial charge in [-0.15, -0.1) is 0 Å². The molecule has 0 aliphatic heterocycles. The average Bonchev–Trinajstić information content (AvgIpc) is 0. The van der Waals surface area contributed by atoms with E-state index in [1.165, 1.54) is 0 Å². The van der Waals surface area contributed by atoms with E-state index in [-0.39, 0.29) is 107 Å². The van der Waals surface area contributed by atoms with E-state index in [9.17, 15) is 0 Å². The summed E-state index contributed by atoms with van der Waals surface area (Å²) in [5, 5.41) is 0. The van der Waals surface area contributed by atoms with Gasteiger partial charge in [0.25, 0.3) is 0 Å². The van der Waals surface area contributed by atoms with Gasteiger partial charge in [-0.1, -0.05) is 0 Å². The normalized spacial score (nSPS) is 0. The molecule has 0 saturated carbocycles. The monoisotopic (exact) mass is 472 g/mol. The molecule has 0 bridgehead atoms. The van der Waals surface area contributed by atoms with Gasteiger partial charge in [0.15, 0.2) is 0 Å². The Balaban J connectivity index is 0. The van der Waals surface area contributed by atoms with Crippen LogP contribution in [-0.4, -0.2) is 0 Å². The molecule has 0 aromatic rings. The Kier molecular flexibility index (Phi) is 2050. The number of hydrogen-bond donors (Lipinski definition) is 0. The molecule has 8 heteroatoms. The fourth-order valence-electron chi connectivity index (χ4n) is 0. The molecule has 56 valence electrons. The number of nitrogens with zero attached hydrogens (tertiary/aromatic N) is 4. The van der Waals surface area contributed by atoms with Gasteiger partial charge in [-0.05, 0) is 0 Å². The summed E-state index contributed by atoms with van der Waals surface area (Å²) in [7, 11) is 0. The van der Waals surface area contributed by atoms with Crippen molar-refractivity contribution in [3.63, 3.8) is 0 Å². The van der Waals surface area contributed by atoms with Gasteiger partial charge < -0.3 is 24.6 Å². The summed E-state index contributed by atoms with van der Waals surface area (Å²) in [6.07, 6.45) is 0. The molecule has 0 atom stereocenters. The predicted octanol–water partition coefficient (Wildman–Crippen LogP) is 1.14. The van der Waals surface area contributed by atoms with Gasteiger partial charge in [0.1, 0.15) is 0 Å². The Morgan fingerprint density at radius 3 is 0.375 bits per heavy atom. The average molecular weight is 471 g/mol. The van der Waals surface area contributed by atoms with Gasteiger partial charge in [-0.3, -0.25) is 0 Å². The van der Waals surface area contributed by atoms with E-state index >= 15 is 0 Å². The van der Waals surface area contributed by atoms with Crippen molar-refractivity contribution in [3.05, 3.63) is 24.6 Å². The van der Waals surface area contributed by atoms with Crippen LogP contribution in [0.3, 0.4) is 0 Å². The molecule has 0 rings (SSSR count). The Morgan fingerprint density at radius 2 is 0.375 bits per heavy atom. The molecule has 0 N–H and O–H groups in total. The molecule has 0 fully saturated rings. The van der Waals surface area contributed by atoms with Crippen molar-refractivity contribution in [2.24, 2.45) is 0 Å². The molecule has 0 radical (unpaired) electrons. The second-order valence-corrected chi connectivity index (χ2v) is 0. The summed E-state index contributed by atoms with van der Waals surface area (Å²) in [5.74, 6) is 0. The largest absolute Gasteiger partial charge is 6.00 e. The van der Waals surface area contributed by atoms with Crippen molar-refractivity contribution < 1.29 is 82.3 Å². The van der Waals surface area contributed by atoms with E-state index in [0.717, 1.165) is 0 Å². The summed E-state index contributed by atoms with van der Waals surface area (Å²) >= 11 is 0. The van der Waals surface area contributed by atoms with E-state index in [1.807, 2.05) is 0 Å². The molecule has 0 aromatic carbocycles. The van der Waals surface area contributed by atoms with Crippen molar-refractivity contribution in [1.29, 1.82) is 0 Å². The maximum Gasteiger partial charge on any atom is 6.00 e. The molecule has 0 heterocycles. The maximum atomic E-state index is 0. The molecule has 0 aromatic heterocycles. The molecule has 0 spiro atoms. The van der Waals surface area contributed by atoms with Crippen LogP contribution in [0.15, 0.2) is 0 Å². The van der Waals surface area contributed by atoms with Crippen LogP contribution in [0.5, 0.6) is 0 Å².